The van der Waals surface area contributed by atoms with Gasteiger partial charge in [0, 0.05) is 34.4 Å². The summed E-state index contributed by atoms with van der Waals surface area (Å²) in [6.07, 6.45) is 4.19. The highest BCUT2D eigenvalue weighted by Gasteiger charge is 2.27. The summed E-state index contributed by atoms with van der Waals surface area (Å²) in [5, 5.41) is 0. The zero-order chi connectivity index (χ0) is 23.4. The predicted molar refractivity (Wildman–Crippen MR) is 135 cm³/mol. The Morgan fingerprint density at radius 3 is 2.21 bits per heavy atom. The number of esters is 1. The standard InChI is InChI=1S/C27H26BrN3O2/c1-27(2,3)33-26(32)23(17-22-18-31-15-14-21(28)16-24(31)29-22)30-25(19-10-6-4-7-11-19)20-12-8-5-9-13-20/h4-16,18,23H,17H2,1-3H3/t23-/m0/s1. The lowest BCUT2D eigenvalue weighted by molar-refractivity contribution is -0.156. The molecule has 1 atom stereocenters. The predicted octanol–water partition coefficient (Wildman–Crippen LogP) is 5.89. The van der Waals surface area contributed by atoms with Crippen LogP contribution in [0.1, 0.15) is 37.6 Å². The summed E-state index contributed by atoms with van der Waals surface area (Å²) in [5.41, 5.74) is 3.59. The fraction of sp³-hybridized carbons (Fsp3) is 0.222. The number of benzene rings is 2. The Balaban J connectivity index is 1.77. The summed E-state index contributed by atoms with van der Waals surface area (Å²) in [5.74, 6) is -0.370. The van der Waals surface area contributed by atoms with Gasteiger partial charge in [-0.1, -0.05) is 76.6 Å². The van der Waals surface area contributed by atoms with Gasteiger partial charge in [0.1, 0.15) is 11.2 Å². The van der Waals surface area contributed by atoms with Crippen LogP contribution in [-0.2, 0) is 16.0 Å². The highest BCUT2D eigenvalue weighted by molar-refractivity contribution is 9.10. The van der Waals surface area contributed by atoms with Crippen LogP contribution >= 0.6 is 15.9 Å². The van der Waals surface area contributed by atoms with E-state index in [4.69, 9.17) is 14.7 Å². The molecule has 2 heterocycles. The zero-order valence-electron chi connectivity index (χ0n) is 18.9. The van der Waals surface area contributed by atoms with Crippen LogP contribution in [0.15, 0.2) is 94.7 Å². The summed E-state index contributed by atoms with van der Waals surface area (Å²) in [6, 6.07) is 23.0. The molecule has 4 aromatic rings. The van der Waals surface area contributed by atoms with Crippen LogP contribution < -0.4 is 0 Å². The number of aliphatic imine (C=N–C) groups is 1. The molecule has 33 heavy (non-hydrogen) atoms. The number of carbonyl (C=O) groups is 1. The number of carbonyl (C=O) groups excluding carboxylic acids is 1. The number of ether oxygens (including phenoxy) is 1. The van der Waals surface area contributed by atoms with Gasteiger partial charge >= 0.3 is 5.97 Å². The molecule has 0 aliphatic rings. The van der Waals surface area contributed by atoms with Crippen molar-refractivity contribution in [1.82, 2.24) is 9.38 Å². The van der Waals surface area contributed by atoms with Crippen LogP contribution in [0.3, 0.4) is 0 Å². The van der Waals surface area contributed by atoms with Crippen LogP contribution in [-0.4, -0.2) is 32.7 Å². The minimum atomic E-state index is -0.743. The fourth-order valence-electron chi connectivity index (χ4n) is 3.52. The highest BCUT2D eigenvalue weighted by atomic mass is 79.9. The molecule has 2 aromatic carbocycles. The Morgan fingerprint density at radius 1 is 1.03 bits per heavy atom. The first-order chi connectivity index (χ1) is 15.8. The van der Waals surface area contributed by atoms with Crippen molar-refractivity contribution in [2.45, 2.75) is 38.8 Å². The van der Waals surface area contributed by atoms with Crippen molar-refractivity contribution in [3.63, 3.8) is 0 Å². The highest BCUT2D eigenvalue weighted by Crippen LogP contribution is 2.19. The second-order valence-electron chi connectivity index (χ2n) is 8.81. The SMILES string of the molecule is CC(C)(C)OC(=O)[C@H](Cc1cn2ccc(Br)cc2n1)N=C(c1ccccc1)c1ccccc1. The molecule has 168 valence electrons. The molecule has 0 radical (unpaired) electrons. The Kier molecular flexibility index (Phi) is 6.75. The number of aromatic nitrogens is 2. The van der Waals surface area contributed by atoms with Crippen LogP contribution in [0, 0.1) is 0 Å². The summed E-state index contributed by atoms with van der Waals surface area (Å²) >= 11 is 3.48. The van der Waals surface area contributed by atoms with E-state index in [1.807, 2.05) is 110 Å². The van der Waals surface area contributed by atoms with E-state index >= 15 is 0 Å². The molecule has 2 aromatic heterocycles. The van der Waals surface area contributed by atoms with Crippen LogP contribution in [0.4, 0.5) is 0 Å². The van der Waals surface area contributed by atoms with Gasteiger partial charge in [-0.25, -0.2) is 9.78 Å². The molecule has 0 fully saturated rings. The quantitative estimate of drug-likeness (QED) is 0.243. The van der Waals surface area contributed by atoms with Gasteiger partial charge in [0.25, 0.3) is 0 Å². The maximum absolute atomic E-state index is 13.3. The summed E-state index contributed by atoms with van der Waals surface area (Å²) < 4.78 is 8.63. The topological polar surface area (TPSA) is 56.0 Å². The minimum absolute atomic E-state index is 0.331. The number of halogens is 1. The third kappa shape index (κ3) is 5.96. The third-order valence-corrected chi connectivity index (χ3v) is 5.43. The molecule has 6 heteroatoms. The largest absolute Gasteiger partial charge is 0.458 e. The van der Waals surface area contributed by atoms with Gasteiger partial charge in [-0.2, -0.15) is 0 Å². The van der Waals surface area contributed by atoms with Crippen molar-refractivity contribution < 1.29 is 9.53 Å². The number of hydrogen-bond donors (Lipinski definition) is 0. The minimum Gasteiger partial charge on any atom is -0.458 e. The molecule has 5 nitrogen and oxygen atoms in total. The van der Waals surface area contributed by atoms with E-state index < -0.39 is 11.6 Å². The van der Waals surface area contributed by atoms with E-state index in [0.29, 0.717) is 6.42 Å². The summed E-state index contributed by atoms with van der Waals surface area (Å²) in [6.45, 7) is 5.59. The van der Waals surface area contributed by atoms with E-state index in [9.17, 15) is 4.79 Å². The van der Waals surface area contributed by atoms with Gasteiger partial charge in [-0.05, 0) is 32.9 Å². The third-order valence-electron chi connectivity index (χ3n) is 4.93. The van der Waals surface area contributed by atoms with E-state index in [1.54, 1.807) is 0 Å². The first kappa shape index (κ1) is 22.9. The number of rotatable bonds is 6. The van der Waals surface area contributed by atoms with Gasteiger partial charge in [0.2, 0.25) is 0 Å². The Bertz CT molecular complexity index is 1230. The van der Waals surface area contributed by atoms with Crippen LogP contribution in [0.25, 0.3) is 5.65 Å². The Hall–Kier alpha value is -3.25. The first-order valence-electron chi connectivity index (χ1n) is 10.8. The van der Waals surface area contributed by atoms with Gasteiger partial charge in [-0.15, -0.1) is 0 Å². The zero-order valence-corrected chi connectivity index (χ0v) is 20.5. The molecular weight excluding hydrogens is 478 g/mol. The van der Waals surface area contributed by atoms with Gasteiger partial charge < -0.3 is 9.14 Å². The Morgan fingerprint density at radius 2 is 1.64 bits per heavy atom. The van der Waals surface area contributed by atoms with Crippen LogP contribution in [0.2, 0.25) is 0 Å². The van der Waals surface area contributed by atoms with Crippen molar-refractivity contribution in [1.29, 1.82) is 0 Å². The molecule has 0 saturated carbocycles. The second kappa shape index (κ2) is 9.71. The van der Waals surface area contributed by atoms with Crippen LogP contribution in [0.5, 0.6) is 0 Å². The molecule has 0 N–H and O–H groups in total. The lowest BCUT2D eigenvalue weighted by Gasteiger charge is -2.23. The summed E-state index contributed by atoms with van der Waals surface area (Å²) in [4.78, 5) is 22.9. The molecule has 0 bridgehead atoms. The molecule has 0 spiro atoms. The van der Waals surface area contributed by atoms with E-state index in [1.165, 1.54) is 0 Å². The number of pyridine rings is 1. The number of hydrogen-bond acceptors (Lipinski definition) is 4. The molecule has 0 amide bonds. The fourth-order valence-corrected chi connectivity index (χ4v) is 3.84. The lowest BCUT2D eigenvalue weighted by Crippen LogP contribution is -2.33. The van der Waals surface area contributed by atoms with Crippen molar-refractivity contribution in [2.24, 2.45) is 4.99 Å². The van der Waals surface area contributed by atoms with E-state index in [0.717, 1.165) is 32.7 Å². The maximum Gasteiger partial charge on any atom is 0.331 e. The lowest BCUT2D eigenvalue weighted by atomic mass is 10.0. The molecule has 4 rings (SSSR count). The average Bonchev–Trinajstić information content (AvgIpc) is 3.18. The van der Waals surface area contributed by atoms with Crippen molar-refractivity contribution >= 4 is 33.3 Å². The van der Waals surface area contributed by atoms with Gasteiger partial charge in [0.15, 0.2) is 6.04 Å². The molecule has 0 unspecified atom stereocenters. The number of fused-ring (bicyclic) bond motifs is 1. The van der Waals surface area contributed by atoms with E-state index in [2.05, 4.69) is 15.9 Å². The Labute approximate surface area is 202 Å². The van der Waals surface area contributed by atoms with Crippen molar-refractivity contribution in [3.8, 4) is 0 Å². The average molecular weight is 504 g/mol. The number of imidazole rings is 1. The van der Waals surface area contributed by atoms with Crippen molar-refractivity contribution in [3.05, 3.63) is 106 Å². The van der Waals surface area contributed by atoms with E-state index in [-0.39, 0.29) is 5.97 Å². The van der Waals surface area contributed by atoms with Gasteiger partial charge in [-0.3, -0.25) is 4.99 Å². The summed E-state index contributed by atoms with van der Waals surface area (Å²) in [7, 11) is 0. The molecular formula is C27H26BrN3O2. The number of nitrogens with zero attached hydrogens (tertiary/aromatic N) is 3. The monoisotopic (exact) mass is 503 g/mol. The van der Waals surface area contributed by atoms with Gasteiger partial charge in [0.05, 0.1) is 11.4 Å². The normalized spacial score (nSPS) is 12.4. The molecule has 0 aliphatic carbocycles. The molecule has 0 saturated heterocycles. The first-order valence-corrected chi connectivity index (χ1v) is 11.6. The molecule has 0 aliphatic heterocycles. The van der Waals surface area contributed by atoms with Crippen molar-refractivity contribution in [2.75, 3.05) is 0 Å². The second-order valence-corrected chi connectivity index (χ2v) is 9.72. The maximum atomic E-state index is 13.3. The smallest absolute Gasteiger partial charge is 0.331 e.